The zero-order chi connectivity index (χ0) is 11.5. The van der Waals surface area contributed by atoms with Crippen LogP contribution in [-0.4, -0.2) is 41.9 Å². The molecule has 5 nitrogen and oxygen atoms in total. The second-order valence-corrected chi connectivity index (χ2v) is 4.73. The van der Waals surface area contributed by atoms with Crippen LogP contribution in [0.1, 0.15) is 26.7 Å². The summed E-state index contributed by atoms with van der Waals surface area (Å²) < 4.78 is 5.20. The van der Waals surface area contributed by atoms with Gasteiger partial charge in [0.2, 0.25) is 5.91 Å². The Morgan fingerprint density at radius 3 is 2.47 bits per heavy atom. The molecule has 0 aromatic heterocycles. The molecule has 1 saturated heterocycles. The van der Waals surface area contributed by atoms with Gasteiger partial charge in [-0.25, -0.2) is 0 Å². The Balaban J connectivity index is 2.63. The first-order valence-corrected chi connectivity index (χ1v) is 5.20. The van der Waals surface area contributed by atoms with Crippen molar-refractivity contribution < 1.29 is 14.6 Å². The van der Waals surface area contributed by atoms with Crippen LogP contribution in [0.3, 0.4) is 0 Å². The number of ether oxygens (including phenoxy) is 1. The van der Waals surface area contributed by atoms with Gasteiger partial charge in [0.05, 0.1) is 17.7 Å². The molecule has 0 unspecified atom stereocenters. The van der Waals surface area contributed by atoms with Crippen molar-refractivity contribution in [2.24, 2.45) is 5.73 Å². The van der Waals surface area contributed by atoms with Crippen LogP contribution >= 0.6 is 0 Å². The lowest BCUT2D eigenvalue weighted by Crippen LogP contribution is -2.61. The molecule has 4 N–H and O–H groups in total. The van der Waals surface area contributed by atoms with E-state index < -0.39 is 11.1 Å². The second-order valence-electron chi connectivity index (χ2n) is 4.73. The Morgan fingerprint density at radius 2 is 2.07 bits per heavy atom. The predicted molar refractivity (Wildman–Crippen MR) is 56.3 cm³/mol. The molecule has 1 rings (SSSR count). The molecule has 0 aromatic rings. The highest BCUT2D eigenvalue weighted by Crippen LogP contribution is 2.20. The molecule has 1 fully saturated rings. The van der Waals surface area contributed by atoms with Crippen LogP contribution in [0.2, 0.25) is 0 Å². The van der Waals surface area contributed by atoms with E-state index in [1.807, 2.05) is 0 Å². The molecule has 88 valence electrons. The lowest BCUT2D eigenvalue weighted by molar-refractivity contribution is -0.129. The lowest BCUT2D eigenvalue weighted by atomic mass is 9.89. The zero-order valence-corrected chi connectivity index (χ0v) is 9.38. The molecule has 0 atom stereocenters. The molecule has 15 heavy (non-hydrogen) atoms. The van der Waals surface area contributed by atoms with Gasteiger partial charge in [0.25, 0.3) is 0 Å². The summed E-state index contributed by atoms with van der Waals surface area (Å²) in [5.74, 6) is -0.238. The van der Waals surface area contributed by atoms with Gasteiger partial charge >= 0.3 is 0 Å². The van der Waals surface area contributed by atoms with Gasteiger partial charge in [0, 0.05) is 13.2 Å². The Hall–Kier alpha value is -0.650. The van der Waals surface area contributed by atoms with Crippen LogP contribution in [0.25, 0.3) is 0 Å². The van der Waals surface area contributed by atoms with Gasteiger partial charge in [0.1, 0.15) is 0 Å². The lowest BCUT2D eigenvalue weighted by Gasteiger charge is -2.38. The summed E-state index contributed by atoms with van der Waals surface area (Å²) in [6, 6.07) is 0. The number of carbonyl (C=O) groups excluding carboxylic acids is 1. The van der Waals surface area contributed by atoms with E-state index in [4.69, 9.17) is 10.5 Å². The van der Waals surface area contributed by atoms with Crippen molar-refractivity contribution in [2.45, 2.75) is 37.8 Å². The molecule has 1 aliphatic rings. The number of aliphatic hydroxyl groups is 1. The minimum absolute atomic E-state index is 0.0713. The fourth-order valence-corrected chi connectivity index (χ4v) is 1.49. The highest BCUT2D eigenvalue weighted by atomic mass is 16.5. The van der Waals surface area contributed by atoms with Gasteiger partial charge < -0.3 is 20.9 Å². The molecule has 0 saturated carbocycles. The first-order valence-electron chi connectivity index (χ1n) is 5.20. The first-order chi connectivity index (χ1) is 6.90. The molecular weight excluding hydrogens is 196 g/mol. The smallest absolute Gasteiger partial charge is 0.240 e. The van der Waals surface area contributed by atoms with Crippen molar-refractivity contribution in [3.63, 3.8) is 0 Å². The van der Waals surface area contributed by atoms with Gasteiger partial charge in [0.15, 0.2) is 0 Å². The standard InChI is InChI=1S/C10H20N2O3/c1-9(2,11)8(14)12-10(7-13)3-5-15-6-4-10/h13H,3-7,11H2,1-2H3,(H,12,14). The summed E-state index contributed by atoms with van der Waals surface area (Å²) >= 11 is 0. The molecule has 1 aliphatic heterocycles. The molecule has 5 heteroatoms. The van der Waals surface area contributed by atoms with Crippen LogP contribution in [0, 0.1) is 0 Å². The van der Waals surface area contributed by atoms with E-state index in [2.05, 4.69) is 5.32 Å². The average molecular weight is 216 g/mol. The molecule has 0 spiro atoms. The van der Waals surface area contributed by atoms with E-state index in [-0.39, 0.29) is 12.5 Å². The van der Waals surface area contributed by atoms with E-state index in [1.165, 1.54) is 0 Å². The van der Waals surface area contributed by atoms with Gasteiger partial charge in [-0.2, -0.15) is 0 Å². The number of aliphatic hydroxyl groups excluding tert-OH is 1. The van der Waals surface area contributed by atoms with Gasteiger partial charge in [-0.1, -0.05) is 0 Å². The van der Waals surface area contributed by atoms with Crippen LogP contribution in [0.15, 0.2) is 0 Å². The van der Waals surface area contributed by atoms with Crippen LogP contribution in [0.4, 0.5) is 0 Å². The topological polar surface area (TPSA) is 84.6 Å². The zero-order valence-electron chi connectivity index (χ0n) is 9.38. The fraction of sp³-hybridized carbons (Fsp3) is 0.900. The maximum atomic E-state index is 11.7. The third-order valence-electron chi connectivity index (χ3n) is 2.72. The molecule has 1 heterocycles. The number of carbonyl (C=O) groups is 1. The molecule has 1 amide bonds. The summed E-state index contributed by atoms with van der Waals surface area (Å²) in [4.78, 5) is 11.7. The van der Waals surface area contributed by atoms with E-state index in [0.717, 1.165) is 0 Å². The normalized spacial score (nSPS) is 21.1. The van der Waals surface area contributed by atoms with Crippen LogP contribution in [-0.2, 0) is 9.53 Å². The number of rotatable bonds is 3. The monoisotopic (exact) mass is 216 g/mol. The number of nitrogens with one attached hydrogen (secondary N) is 1. The van der Waals surface area contributed by atoms with Crippen molar-refractivity contribution in [3.05, 3.63) is 0 Å². The molecule has 0 aromatic carbocycles. The third-order valence-corrected chi connectivity index (χ3v) is 2.72. The minimum Gasteiger partial charge on any atom is -0.394 e. The quantitative estimate of drug-likeness (QED) is 0.587. The molecule has 0 radical (unpaired) electrons. The highest BCUT2D eigenvalue weighted by molar-refractivity contribution is 5.85. The Bertz CT molecular complexity index is 229. The Labute approximate surface area is 90.0 Å². The molecular formula is C10H20N2O3. The van der Waals surface area contributed by atoms with Crippen LogP contribution < -0.4 is 11.1 Å². The van der Waals surface area contributed by atoms with Crippen molar-refractivity contribution in [1.29, 1.82) is 0 Å². The van der Waals surface area contributed by atoms with E-state index in [0.29, 0.717) is 26.1 Å². The maximum absolute atomic E-state index is 11.7. The van der Waals surface area contributed by atoms with Crippen molar-refractivity contribution in [3.8, 4) is 0 Å². The van der Waals surface area contributed by atoms with E-state index in [9.17, 15) is 9.90 Å². The number of hydrogen-bond acceptors (Lipinski definition) is 4. The molecule has 0 aliphatic carbocycles. The average Bonchev–Trinajstić information content (AvgIpc) is 2.18. The minimum atomic E-state index is -0.916. The van der Waals surface area contributed by atoms with Crippen molar-refractivity contribution >= 4 is 5.91 Å². The van der Waals surface area contributed by atoms with Crippen molar-refractivity contribution in [1.82, 2.24) is 5.32 Å². The second kappa shape index (κ2) is 4.47. The largest absolute Gasteiger partial charge is 0.394 e. The van der Waals surface area contributed by atoms with Gasteiger partial charge in [-0.3, -0.25) is 4.79 Å². The Morgan fingerprint density at radius 1 is 1.53 bits per heavy atom. The summed E-state index contributed by atoms with van der Waals surface area (Å²) in [5, 5.41) is 12.2. The SMILES string of the molecule is CC(C)(N)C(=O)NC1(CO)CCOCC1. The summed E-state index contributed by atoms with van der Waals surface area (Å²) in [6.07, 6.45) is 1.26. The Kier molecular flexibility index (Phi) is 3.70. The van der Waals surface area contributed by atoms with E-state index >= 15 is 0 Å². The summed E-state index contributed by atoms with van der Waals surface area (Å²) in [5.41, 5.74) is 4.22. The van der Waals surface area contributed by atoms with Gasteiger partial charge in [-0.05, 0) is 26.7 Å². The van der Waals surface area contributed by atoms with Crippen LogP contribution in [0.5, 0.6) is 0 Å². The fourth-order valence-electron chi connectivity index (χ4n) is 1.49. The summed E-state index contributed by atoms with van der Waals surface area (Å²) in [7, 11) is 0. The predicted octanol–water partition coefficient (Wildman–Crippen LogP) is -0.619. The van der Waals surface area contributed by atoms with E-state index in [1.54, 1.807) is 13.8 Å². The number of hydrogen-bond donors (Lipinski definition) is 3. The molecule has 0 bridgehead atoms. The summed E-state index contributed by atoms with van der Waals surface area (Å²) in [6.45, 7) is 4.34. The number of amides is 1. The number of nitrogens with two attached hydrogens (primary N) is 1. The van der Waals surface area contributed by atoms with Gasteiger partial charge in [-0.15, -0.1) is 0 Å². The maximum Gasteiger partial charge on any atom is 0.240 e. The highest BCUT2D eigenvalue weighted by Gasteiger charge is 2.36. The third kappa shape index (κ3) is 3.15. The van der Waals surface area contributed by atoms with Crippen molar-refractivity contribution in [2.75, 3.05) is 19.8 Å². The first kappa shape index (κ1) is 12.4.